The molecule has 40 nitrogen and oxygen atoms in total. The highest BCUT2D eigenvalue weighted by Crippen LogP contribution is 2.50. The summed E-state index contributed by atoms with van der Waals surface area (Å²) in [6, 6.07) is 1.97. The van der Waals surface area contributed by atoms with E-state index in [0.717, 1.165) is 18.9 Å². The Labute approximate surface area is 760 Å². The molecule has 127 heavy (non-hydrogen) atoms. The van der Waals surface area contributed by atoms with Gasteiger partial charge in [0, 0.05) is 86.7 Å². The number of amides is 7. The van der Waals surface area contributed by atoms with Gasteiger partial charge in [-0.3, -0.25) is 48.5 Å². The minimum Gasteiger partial charge on any atom is -0.492 e. The first kappa shape index (κ1) is 105. The molecule has 8 rings (SSSR count). The molecule has 2 aromatic carbocycles. The van der Waals surface area contributed by atoms with E-state index >= 15 is 0 Å². The van der Waals surface area contributed by atoms with Crippen molar-refractivity contribution in [1.82, 2.24) is 31.6 Å². The van der Waals surface area contributed by atoms with Crippen LogP contribution in [0.1, 0.15) is 115 Å². The number of rotatable bonds is 40. The Hall–Kier alpha value is -7.86. The molecule has 4 fully saturated rings. The lowest BCUT2D eigenvalue weighted by molar-refractivity contribution is -0.337. The van der Waals surface area contributed by atoms with E-state index in [9.17, 15) is 83.7 Å². The first-order chi connectivity index (χ1) is 60.1. The lowest BCUT2D eigenvalue weighted by Gasteiger charge is -2.47. The number of primary amides is 1. The third-order valence-electron chi connectivity index (χ3n) is 21.3. The average molecular weight is 1960 g/mol. The number of hydrogen-bond donors (Lipinski definition) is 15. The molecule has 2 bridgehead atoms. The van der Waals surface area contributed by atoms with Crippen molar-refractivity contribution in [2.75, 3.05) is 79.5 Å². The number of anilines is 1. The molecule has 17 N–H and O–H groups in total. The summed E-state index contributed by atoms with van der Waals surface area (Å²) in [5.74, 6) is 5.69. The normalized spacial score (nSPS) is 28.6. The van der Waals surface area contributed by atoms with Crippen LogP contribution in [-0.2, 0) is 92.4 Å². The number of alkyl carbamates (subject to hydrolysis) is 2. The second-order valence-corrected chi connectivity index (χ2v) is 36.5. The maximum atomic E-state index is 14.7. The van der Waals surface area contributed by atoms with Crippen molar-refractivity contribution in [3.05, 3.63) is 79.6 Å². The van der Waals surface area contributed by atoms with Gasteiger partial charge in [0.25, 0.3) is 0 Å². The number of Topliss-reactive ketones (excluding diaryl/α,β-unsaturated/α-hetero) is 2. The van der Waals surface area contributed by atoms with Crippen LogP contribution < -0.4 is 57.7 Å². The van der Waals surface area contributed by atoms with Gasteiger partial charge in [0.05, 0.1) is 128 Å². The molecule has 4 heterocycles. The number of thioether (sulfide) groups is 1. The Balaban J connectivity index is 1.01. The van der Waals surface area contributed by atoms with Crippen molar-refractivity contribution in [2.45, 2.75) is 246 Å². The van der Waals surface area contributed by atoms with Crippen LogP contribution in [0.2, 0.25) is 0 Å². The molecule has 702 valence electrons. The van der Waals surface area contributed by atoms with Gasteiger partial charge in [0.1, 0.15) is 49.8 Å². The number of nitrogens with one attached hydrogen (secondary N) is 6. The predicted molar refractivity (Wildman–Crippen MR) is 466 cm³/mol. The fourth-order valence-electron chi connectivity index (χ4n) is 14.5. The van der Waals surface area contributed by atoms with Gasteiger partial charge >= 0.3 is 12.2 Å². The zero-order valence-corrected chi connectivity index (χ0v) is 77.2. The maximum Gasteiger partial charge on any atom is 0.411 e. The number of ketones is 2. The third kappa shape index (κ3) is 27.9. The number of fused-ring (bicyclic) bond motifs is 2. The van der Waals surface area contributed by atoms with E-state index in [1.54, 1.807) is 54.5 Å². The number of nitrogens with zero attached hydrogens (tertiary/aromatic N) is 1. The molecule has 0 spiro atoms. The molecule has 2 aliphatic carbocycles. The summed E-state index contributed by atoms with van der Waals surface area (Å²) in [5, 5.41) is 89.7. The molecule has 7 amide bonds. The number of allylic oxidation sites excluding steroid dienone is 3. The molecule has 44 heteroatoms. The summed E-state index contributed by atoms with van der Waals surface area (Å²) < 4.78 is 78.2. The first-order valence-electron chi connectivity index (χ1n) is 40.6. The average Bonchev–Trinajstić information content (AvgIpc) is 0.752. The topological polar surface area (TPSA) is 569 Å². The van der Waals surface area contributed by atoms with E-state index in [-0.39, 0.29) is 91.0 Å². The molecule has 18 unspecified atom stereocenters. The van der Waals surface area contributed by atoms with Crippen LogP contribution in [0.25, 0.3) is 0 Å². The SMILES string of the molecule is CCN(C(=O)CNC(=O)OCc1ccc(NC(=O)[C@H](CC(N)=O)CC(=O)[C@H](C)NC(=O)[C@H](C)N)cc1)C1COC(OC2C(O[C@H]3C#C/C=C\C#C[C@]4(O)CC(=O)C(NC(=O)OC)=C3/C4=C\CSSC(C)(C)CC(=O)NCC(O)CO)OC(C)C(NOC3CC(O)C(SC(=O)c4c(C)c(I)c(OC5OC(C)C(O)C(OC)C5O)c(OC)c4OC)C(C)O3)C2O)CC1OC. The molecule has 23 atom stereocenters. The van der Waals surface area contributed by atoms with Crippen molar-refractivity contribution < 1.29 is 150 Å². The monoisotopic (exact) mass is 1960 g/mol. The van der Waals surface area contributed by atoms with E-state index in [4.69, 9.17) is 77.9 Å². The number of likely N-dealkylation sites (N-methyl/N-ethyl adjacent to an activating group) is 1. The zero-order chi connectivity index (χ0) is 93.6. The van der Waals surface area contributed by atoms with Crippen LogP contribution in [0.3, 0.4) is 0 Å². The molecule has 0 saturated carbocycles. The molecule has 6 aliphatic rings. The number of ether oxygens (including phenoxy) is 13. The van der Waals surface area contributed by atoms with Crippen LogP contribution in [0.5, 0.6) is 17.2 Å². The molecule has 2 aromatic rings. The zero-order valence-electron chi connectivity index (χ0n) is 72.6. The second-order valence-electron chi connectivity index (χ2n) is 31.3. The fraction of sp³-hybridized carbons (Fsp3) is 0.614. The van der Waals surface area contributed by atoms with Gasteiger partial charge in [-0.05, 0) is 120 Å². The Kier molecular flexibility index (Phi) is 39.8. The number of benzene rings is 2. The summed E-state index contributed by atoms with van der Waals surface area (Å²) in [5.41, 5.74) is 12.0. The Bertz CT molecular complexity index is 4460. The van der Waals surface area contributed by atoms with Crippen LogP contribution >= 0.6 is 55.9 Å². The highest BCUT2D eigenvalue weighted by molar-refractivity contribution is 14.1. The minimum absolute atomic E-state index is 0.0262. The summed E-state index contributed by atoms with van der Waals surface area (Å²) in [6.07, 6.45) is -20.8. The minimum atomic E-state index is -2.30. The quantitative estimate of drug-likeness (QED) is 0.0145. The summed E-state index contributed by atoms with van der Waals surface area (Å²) in [6.45, 7) is 12.7. The van der Waals surface area contributed by atoms with Crippen LogP contribution in [0, 0.1) is 40.1 Å². The summed E-state index contributed by atoms with van der Waals surface area (Å²) >= 11 is 2.72. The largest absolute Gasteiger partial charge is 0.492 e. The number of aliphatic hydroxyl groups excluding tert-OH is 6. The van der Waals surface area contributed by atoms with Gasteiger partial charge in [0.15, 0.2) is 47.5 Å². The maximum absolute atomic E-state index is 14.7. The summed E-state index contributed by atoms with van der Waals surface area (Å²) in [4.78, 5) is 141. The number of halogens is 1. The standard InChI is InChI=1S/C83H114IN9O31S3/c1-15-93(58(101)35-88-80(108)117-37-45-21-23-47(24-22-45)90-76(106)46(29-56(86)99)28-51(96)41(4)89-75(105)40(3)85)50-38-116-59(31-55(50)111-10)122-72-67(103)64(92-124-60-30-52(97)74(44(7)118-60)126-77(107)61-39(2)63(84)70(73(114-13)69(61)112-11)123-78-68(104)71(113-12)66(102)43(6)120-78)42(5)119-79(72)121-54-20-18-16-17-19-26-83(110)32-53(98)65(91-81(109)115-14)62(54)49(83)25-27-125-127-82(8,9)33-57(100)87-34-48(95)36-94/h16-17,21-25,40-44,46,48,50,52,54-55,59-60,64,66-68,71-72,74,78-79,92,94-95,97,102-104,110H,15,27-38,85H2,1-14H3,(H2,86,99)(H,87,100)(H,88,108)(H,89,105)(H,90,106)(H,91,109)/b17-16-,49-25+/t40-,41-,42?,43?,44?,46-,48?,50?,52?,54-,55?,59?,60?,64?,66?,67?,68?,71?,72?,74?,78?,79?,83-/m0/s1. The van der Waals surface area contributed by atoms with Gasteiger partial charge in [0.2, 0.25) is 46.7 Å². The molecular formula is C83H114IN9O31S3. The van der Waals surface area contributed by atoms with Crippen molar-refractivity contribution in [2.24, 2.45) is 17.4 Å². The van der Waals surface area contributed by atoms with E-state index in [1.165, 1.54) is 105 Å². The van der Waals surface area contributed by atoms with E-state index in [0.29, 0.717) is 14.7 Å². The fourth-order valence-corrected chi connectivity index (χ4v) is 18.7. The van der Waals surface area contributed by atoms with Crippen molar-refractivity contribution in [3.63, 3.8) is 0 Å². The van der Waals surface area contributed by atoms with Crippen LogP contribution in [0.15, 0.2) is 59.3 Å². The first-order valence-corrected chi connectivity index (χ1v) is 44.9. The number of aliphatic hydroxyl groups is 7. The highest BCUT2D eigenvalue weighted by Gasteiger charge is 2.53. The Morgan fingerprint density at radius 2 is 1.51 bits per heavy atom. The van der Waals surface area contributed by atoms with Crippen molar-refractivity contribution in [3.8, 4) is 40.9 Å². The number of hydroxylamine groups is 1. The van der Waals surface area contributed by atoms with Crippen molar-refractivity contribution >= 4 is 120 Å². The van der Waals surface area contributed by atoms with E-state index < -0.39 is 241 Å². The number of hydrogen-bond acceptors (Lipinski definition) is 36. The van der Waals surface area contributed by atoms with E-state index in [1.807, 2.05) is 22.6 Å². The van der Waals surface area contributed by atoms with Gasteiger partial charge < -0.3 is 135 Å². The number of nitrogens with two attached hydrogens (primary N) is 2. The highest BCUT2D eigenvalue weighted by atomic mass is 127. The Morgan fingerprint density at radius 3 is 2.15 bits per heavy atom. The van der Waals surface area contributed by atoms with Crippen LogP contribution in [0.4, 0.5) is 15.3 Å². The van der Waals surface area contributed by atoms with Crippen LogP contribution in [-0.4, -0.2) is 311 Å². The molecule has 0 radical (unpaired) electrons. The smallest absolute Gasteiger partial charge is 0.411 e. The van der Waals surface area contributed by atoms with Gasteiger partial charge in [-0.15, -0.1) is 0 Å². The van der Waals surface area contributed by atoms with Gasteiger partial charge in [-0.2, -0.15) is 5.48 Å². The second kappa shape index (κ2) is 48.3. The van der Waals surface area contributed by atoms with Gasteiger partial charge in [-0.25, -0.2) is 9.59 Å². The van der Waals surface area contributed by atoms with Crippen molar-refractivity contribution in [1.29, 1.82) is 0 Å². The Morgan fingerprint density at radius 1 is 0.819 bits per heavy atom. The molecule has 4 saturated heterocycles. The van der Waals surface area contributed by atoms with Gasteiger partial charge in [-0.1, -0.05) is 75.2 Å². The van der Waals surface area contributed by atoms with E-state index in [2.05, 4.69) is 55.7 Å². The number of methoxy groups -OCH3 is 5. The number of carbonyl (C=O) groups is 10. The number of carbonyl (C=O) groups excluding carboxylic acids is 10. The summed E-state index contributed by atoms with van der Waals surface area (Å²) in [7, 11) is 8.95. The molecule has 0 aromatic heterocycles. The molecular weight excluding hydrogens is 1840 g/mol. The lowest BCUT2D eigenvalue weighted by Crippen LogP contribution is -2.65. The molecule has 4 aliphatic heterocycles. The lowest BCUT2D eigenvalue weighted by atomic mass is 9.75. The predicted octanol–water partition coefficient (Wildman–Crippen LogP) is 0.964. The third-order valence-corrected chi connectivity index (χ3v) is 27.1.